The molecule has 8 nitrogen and oxygen atoms in total. The van der Waals surface area contributed by atoms with Crippen LogP contribution in [0.15, 0.2) is 58.4 Å². The summed E-state index contributed by atoms with van der Waals surface area (Å²) < 4.78 is 16.1. The van der Waals surface area contributed by atoms with E-state index in [1.807, 2.05) is 60.8 Å². The summed E-state index contributed by atoms with van der Waals surface area (Å²) >= 11 is 1.37. The summed E-state index contributed by atoms with van der Waals surface area (Å²) in [6.45, 7) is 2.57. The van der Waals surface area contributed by atoms with Gasteiger partial charge in [-0.15, -0.1) is 11.3 Å². The SMILES string of the molecule is CCOc1ccc(-c2csc(NC(=O)CCc3nc(-c4ccccc4OC)no3)n2)cc1. The summed E-state index contributed by atoms with van der Waals surface area (Å²) in [5, 5.41) is 9.27. The average molecular weight is 451 g/mol. The Morgan fingerprint density at radius 3 is 2.72 bits per heavy atom. The summed E-state index contributed by atoms with van der Waals surface area (Å²) in [6.07, 6.45) is 0.524. The van der Waals surface area contributed by atoms with Crippen LogP contribution < -0.4 is 14.8 Å². The molecular formula is C23H22N4O4S. The fraction of sp³-hybridized carbons (Fsp3) is 0.217. The molecule has 2 aromatic carbocycles. The van der Waals surface area contributed by atoms with Gasteiger partial charge in [0.1, 0.15) is 11.5 Å². The lowest BCUT2D eigenvalue weighted by Crippen LogP contribution is -2.12. The van der Waals surface area contributed by atoms with Gasteiger partial charge in [-0.3, -0.25) is 4.79 Å². The van der Waals surface area contributed by atoms with E-state index in [1.54, 1.807) is 7.11 Å². The number of anilines is 1. The van der Waals surface area contributed by atoms with Crippen molar-refractivity contribution in [3.63, 3.8) is 0 Å². The first-order valence-corrected chi connectivity index (χ1v) is 11.0. The Morgan fingerprint density at radius 2 is 1.94 bits per heavy atom. The zero-order chi connectivity index (χ0) is 22.3. The number of aryl methyl sites for hydroxylation is 1. The van der Waals surface area contributed by atoms with E-state index in [2.05, 4.69) is 20.4 Å². The van der Waals surface area contributed by atoms with Crippen LogP contribution in [0.3, 0.4) is 0 Å². The standard InChI is InChI=1S/C23H22N4O4S/c1-3-30-16-10-8-15(9-11-16)18-14-32-23(24-18)25-20(28)12-13-21-26-22(27-31-21)17-6-4-5-7-19(17)29-2/h4-11,14H,3,12-13H2,1-2H3,(H,24,25,28). The number of hydrogen-bond acceptors (Lipinski definition) is 8. The lowest BCUT2D eigenvalue weighted by molar-refractivity contribution is -0.116. The van der Waals surface area contributed by atoms with Gasteiger partial charge >= 0.3 is 0 Å². The van der Waals surface area contributed by atoms with E-state index in [-0.39, 0.29) is 12.3 Å². The number of rotatable bonds is 9. The van der Waals surface area contributed by atoms with Crippen LogP contribution >= 0.6 is 11.3 Å². The Balaban J connectivity index is 1.33. The molecule has 32 heavy (non-hydrogen) atoms. The van der Waals surface area contributed by atoms with Crippen molar-refractivity contribution in [1.29, 1.82) is 0 Å². The van der Waals surface area contributed by atoms with Gasteiger partial charge in [0.2, 0.25) is 17.6 Å². The van der Waals surface area contributed by atoms with Gasteiger partial charge in [0, 0.05) is 23.8 Å². The van der Waals surface area contributed by atoms with Crippen LogP contribution in [0.1, 0.15) is 19.2 Å². The maximum atomic E-state index is 12.4. The van der Waals surface area contributed by atoms with Crippen molar-refractivity contribution in [1.82, 2.24) is 15.1 Å². The van der Waals surface area contributed by atoms with Crippen molar-refractivity contribution in [2.24, 2.45) is 0 Å². The number of thiazole rings is 1. The molecule has 9 heteroatoms. The maximum Gasteiger partial charge on any atom is 0.227 e. The second-order valence-corrected chi connectivity index (χ2v) is 7.61. The van der Waals surface area contributed by atoms with Gasteiger partial charge in [0.25, 0.3) is 0 Å². The third-order valence-corrected chi connectivity index (χ3v) is 5.35. The quantitative estimate of drug-likeness (QED) is 0.389. The Kier molecular flexibility index (Phi) is 6.76. The highest BCUT2D eigenvalue weighted by Crippen LogP contribution is 2.28. The Morgan fingerprint density at radius 1 is 1.12 bits per heavy atom. The van der Waals surface area contributed by atoms with E-state index in [0.717, 1.165) is 22.6 Å². The minimum absolute atomic E-state index is 0.172. The Hall–Kier alpha value is -3.72. The summed E-state index contributed by atoms with van der Waals surface area (Å²) in [6, 6.07) is 15.1. The van der Waals surface area contributed by atoms with E-state index in [4.69, 9.17) is 14.0 Å². The number of nitrogens with zero attached hydrogens (tertiary/aromatic N) is 3. The number of para-hydroxylation sites is 1. The van der Waals surface area contributed by atoms with Crippen LogP contribution in [-0.4, -0.2) is 34.7 Å². The zero-order valence-corrected chi connectivity index (χ0v) is 18.5. The molecule has 164 valence electrons. The van der Waals surface area contributed by atoms with Crippen molar-refractivity contribution in [2.45, 2.75) is 19.8 Å². The first-order chi connectivity index (χ1) is 15.7. The van der Waals surface area contributed by atoms with Gasteiger partial charge in [0.05, 0.1) is 25.0 Å². The first-order valence-electron chi connectivity index (χ1n) is 10.1. The van der Waals surface area contributed by atoms with Crippen molar-refractivity contribution in [3.05, 3.63) is 59.8 Å². The molecule has 0 aliphatic heterocycles. The fourth-order valence-electron chi connectivity index (χ4n) is 3.05. The molecule has 0 bridgehead atoms. The average Bonchev–Trinajstić information content (AvgIpc) is 3.48. The van der Waals surface area contributed by atoms with Gasteiger partial charge in [0.15, 0.2) is 5.13 Å². The lowest BCUT2D eigenvalue weighted by Gasteiger charge is -2.03. The van der Waals surface area contributed by atoms with Crippen molar-refractivity contribution < 1.29 is 18.8 Å². The van der Waals surface area contributed by atoms with Gasteiger partial charge in [-0.05, 0) is 43.3 Å². The highest BCUT2D eigenvalue weighted by Gasteiger charge is 2.15. The van der Waals surface area contributed by atoms with Gasteiger partial charge in [-0.1, -0.05) is 17.3 Å². The third kappa shape index (κ3) is 5.12. The van der Waals surface area contributed by atoms with Crippen molar-refractivity contribution in [3.8, 4) is 34.1 Å². The normalized spacial score (nSPS) is 10.7. The topological polar surface area (TPSA) is 99.4 Å². The maximum absolute atomic E-state index is 12.4. The number of amides is 1. The van der Waals surface area contributed by atoms with E-state index < -0.39 is 0 Å². The molecule has 2 heterocycles. The molecule has 0 fully saturated rings. The molecule has 4 aromatic rings. The number of ether oxygens (including phenoxy) is 2. The highest BCUT2D eigenvalue weighted by atomic mass is 32.1. The van der Waals surface area contributed by atoms with Gasteiger partial charge in [-0.25, -0.2) is 4.98 Å². The molecule has 1 amide bonds. The highest BCUT2D eigenvalue weighted by molar-refractivity contribution is 7.14. The molecule has 0 saturated carbocycles. The van der Waals surface area contributed by atoms with Crippen LogP contribution in [0.2, 0.25) is 0 Å². The zero-order valence-electron chi connectivity index (χ0n) is 17.7. The molecule has 0 radical (unpaired) electrons. The van der Waals surface area contributed by atoms with Crippen LogP contribution in [0, 0.1) is 0 Å². The molecule has 0 spiro atoms. The summed E-state index contributed by atoms with van der Waals surface area (Å²) in [5.41, 5.74) is 2.49. The molecule has 2 aromatic heterocycles. The number of carbonyl (C=O) groups excluding carboxylic acids is 1. The molecule has 0 unspecified atom stereocenters. The van der Waals surface area contributed by atoms with Gasteiger partial charge < -0.3 is 19.3 Å². The molecule has 1 N–H and O–H groups in total. The summed E-state index contributed by atoms with van der Waals surface area (Å²) in [7, 11) is 1.59. The summed E-state index contributed by atoms with van der Waals surface area (Å²) in [5.74, 6) is 2.11. The number of nitrogens with one attached hydrogen (secondary N) is 1. The number of hydrogen-bond donors (Lipinski definition) is 1. The predicted molar refractivity (Wildman–Crippen MR) is 122 cm³/mol. The largest absolute Gasteiger partial charge is 0.496 e. The van der Waals surface area contributed by atoms with E-state index >= 15 is 0 Å². The van der Waals surface area contributed by atoms with Crippen LogP contribution in [-0.2, 0) is 11.2 Å². The minimum Gasteiger partial charge on any atom is -0.496 e. The van der Waals surface area contributed by atoms with E-state index in [1.165, 1.54) is 11.3 Å². The lowest BCUT2D eigenvalue weighted by atomic mass is 10.2. The van der Waals surface area contributed by atoms with E-state index in [0.29, 0.717) is 35.6 Å². The smallest absolute Gasteiger partial charge is 0.227 e. The van der Waals surface area contributed by atoms with Crippen LogP contribution in [0.25, 0.3) is 22.6 Å². The first kappa shape index (κ1) is 21.5. The van der Waals surface area contributed by atoms with Gasteiger partial charge in [-0.2, -0.15) is 4.98 Å². The van der Waals surface area contributed by atoms with Crippen molar-refractivity contribution >= 4 is 22.4 Å². The predicted octanol–water partition coefficient (Wildman–Crippen LogP) is 4.84. The summed E-state index contributed by atoms with van der Waals surface area (Å²) in [4.78, 5) is 21.2. The second-order valence-electron chi connectivity index (χ2n) is 6.76. The Labute approximate surface area is 189 Å². The Bertz CT molecular complexity index is 1190. The third-order valence-electron chi connectivity index (χ3n) is 4.59. The second kappa shape index (κ2) is 10.1. The van der Waals surface area contributed by atoms with E-state index in [9.17, 15) is 4.79 Å². The molecule has 0 atom stereocenters. The number of carbonyl (C=O) groups is 1. The van der Waals surface area contributed by atoms with Crippen molar-refractivity contribution in [2.75, 3.05) is 19.0 Å². The molecule has 0 aliphatic carbocycles. The van der Waals surface area contributed by atoms with Crippen LogP contribution in [0.5, 0.6) is 11.5 Å². The molecule has 0 aliphatic rings. The molecule has 4 rings (SSSR count). The number of benzene rings is 2. The fourth-order valence-corrected chi connectivity index (χ4v) is 3.79. The number of aromatic nitrogens is 3. The minimum atomic E-state index is -0.172. The number of methoxy groups -OCH3 is 1. The van der Waals surface area contributed by atoms with Crippen LogP contribution in [0.4, 0.5) is 5.13 Å². The monoisotopic (exact) mass is 450 g/mol. The molecular weight excluding hydrogens is 428 g/mol. The molecule has 0 saturated heterocycles.